The lowest BCUT2D eigenvalue weighted by Gasteiger charge is -2.52. The van der Waals surface area contributed by atoms with Crippen LogP contribution in [0.25, 0.3) is 0 Å². The van der Waals surface area contributed by atoms with Gasteiger partial charge in [-0.05, 0) is 89.3 Å². The monoisotopic (exact) mass is 657 g/mol. The summed E-state index contributed by atoms with van der Waals surface area (Å²) in [7, 11) is 3.59. The number of hydrogen-bond acceptors (Lipinski definition) is 11. The van der Waals surface area contributed by atoms with Crippen LogP contribution in [0.15, 0.2) is 0 Å². The number of aryl methyl sites for hydroxylation is 1. The number of rotatable bonds is 14. The second-order valence-electron chi connectivity index (χ2n) is 15.0. The first-order valence-corrected chi connectivity index (χ1v) is 17.1. The van der Waals surface area contributed by atoms with E-state index in [1.165, 1.54) is 9.80 Å². The predicted octanol–water partition coefficient (Wildman–Crippen LogP) is 3.11. The molecule has 264 valence electrons. The molecule has 0 N–H and O–H groups in total. The highest BCUT2D eigenvalue weighted by atomic mass is 16.2. The van der Waals surface area contributed by atoms with Crippen molar-refractivity contribution in [2.75, 3.05) is 63.2 Å². The molecule has 0 atom stereocenters. The molecule has 0 aliphatic carbocycles. The predicted molar refractivity (Wildman–Crippen MR) is 184 cm³/mol. The van der Waals surface area contributed by atoms with E-state index in [1.807, 2.05) is 77.0 Å². The Balaban J connectivity index is 2.02. The van der Waals surface area contributed by atoms with Gasteiger partial charge in [-0.1, -0.05) is 26.7 Å². The average molecular weight is 658 g/mol. The molecule has 13 nitrogen and oxygen atoms in total. The molecule has 2 aliphatic heterocycles. The molecule has 13 heteroatoms. The van der Waals surface area contributed by atoms with Gasteiger partial charge in [-0.15, -0.1) is 0 Å². The fraction of sp³-hybridized carbons (Fsp3) is 0.794. The lowest BCUT2D eigenvalue weighted by Crippen LogP contribution is -2.73. The second kappa shape index (κ2) is 14.1. The molecule has 0 aromatic carbocycles. The zero-order valence-electron chi connectivity index (χ0n) is 31.2. The number of likely N-dealkylation sites (N-methyl/N-ethyl adjacent to an activating group) is 2. The van der Waals surface area contributed by atoms with Crippen molar-refractivity contribution in [2.45, 2.75) is 124 Å². The summed E-state index contributed by atoms with van der Waals surface area (Å²) in [6.07, 6.45) is 4.05. The van der Waals surface area contributed by atoms with Crippen molar-refractivity contribution in [3.63, 3.8) is 0 Å². The number of nitrogens with zero attached hydrogens (tertiary/aromatic N) is 9. The van der Waals surface area contributed by atoms with E-state index in [2.05, 4.69) is 18.7 Å². The van der Waals surface area contributed by atoms with Crippen LogP contribution in [-0.4, -0.2) is 134 Å². The van der Waals surface area contributed by atoms with Crippen molar-refractivity contribution in [1.82, 2.24) is 34.6 Å². The van der Waals surface area contributed by atoms with Gasteiger partial charge in [0, 0.05) is 39.3 Å². The van der Waals surface area contributed by atoms with E-state index < -0.39 is 22.2 Å². The van der Waals surface area contributed by atoms with Crippen LogP contribution < -0.4 is 9.80 Å². The smallest absolute Gasteiger partial charge is 0.249 e. The number of amides is 4. The number of anilines is 2. The number of imide groups is 2. The zero-order chi connectivity index (χ0) is 35.7. The van der Waals surface area contributed by atoms with Crippen molar-refractivity contribution in [3.8, 4) is 0 Å². The maximum Gasteiger partial charge on any atom is 0.249 e. The lowest BCUT2D eigenvalue weighted by molar-refractivity contribution is -0.172. The SMILES string of the molecule is CCCCN(CCCC)c1nc(C)nc(N(CCN2C(=O)C(C)(C)N(C)C(C)(C)C2=O)CCN2C(=O)C(C)(C)N(C)C(C)(C)C2=O)n1. The van der Waals surface area contributed by atoms with E-state index in [0.717, 1.165) is 38.8 Å². The van der Waals surface area contributed by atoms with Gasteiger partial charge in [0.2, 0.25) is 35.5 Å². The fourth-order valence-corrected chi connectivity index (χ4v) is 6.38. The summed E-state index contributed by atoms with van der Waals surface area (Å²) in [5.41, 5.74) is -3.58. The Morgan fingerprint density at radius 2 is 0.830 bits per heavy atom. The van der Waals surface area contributed by atoms with E-state index in [9.17, 15) is 19.2 Å². The van der Waals surface area contributed by atoms with Gasteiger partial charge in [0.05, 0.1) is 22.2 Å². The van der Waals surface area contributed by atoms with Crippen molar-refractivity contribution in [2.24, 2.45) is 0 Å². The lowest BCUT2D eigenvalue weighted by atomic mass is 9.87. The number of hydrogen-bond donors (Lipinski definition) is 0. The summed E-state index contributed by atoms with van der Waals surface area (Å²) < 4.78 is 0. The van der Waals surface area contributed by atoms with Gasteiger partial charge in [-0.2, -0.15) is 15.0 Å². The zero-order valence-corrected chi connectivity index (χ0v) is 31.2. The van der Waals surface area contributed by atoms with Crippen molar-refractivity contribution in [1.29, 1.82) is 0 Å². The van der Waals surface area contributed by atoms with Crippen molar-refractivity contribution in [3.05, 3.63) is 5.82 Å². The van der Waals surface area contributed by atoms with Crippen LogP contribution in [0.1, 0.15) is 101 Å². The summed E-state index contributed by atoms with van der Waals surface area (Å²) in [5.74, 6) is 0.360. The number of carbonyl (C=O) groups is 4. The van der Waals surface area contributed by atoms with Crippen LogP contribution in [0.4, 0.5) is 11.9 Å². The quantitative estimate of drug-likeness (QED) is 0.274. The third-order valence-corrected chi connectivity index (χ3v) is 10.5. The minimum atomic E-state index is -0.895. The third-order valence-electron chi connectivity index (χ3n) is 10.5. The van der Waals surface area contributed by atoms with Crippen molar-refractivity contribution < 1.29 is 19.2 Å². The highest BCUT2D eigenvalue weighted by Gasteiger charge is 2.55. The number of unbranched alkanes of at least 4 members (excludes halogenated alkanes) is 2. The van der Waals surface area contributed by atoms with Crippen LogP contribution in [0.5, 0.6) is 0 Å². The molecule has 0 spiro atoms. The average Bonchev–Trinajstić information content (AvgIpc) is 3.00. The summed E-state index contributed by atoms with van der Waals surface area (Å²) in [6.45, 7) is 22.9. The Kier molecular flexibility index (Phi) is 11.5. The third kappa shape index (κ3) is 7.30. The Morgan fingerprint density at radius 3 is 1.13 bits per heavy atom. The largest absolute Gasteiger partial charge is 0.341 e. The summed E-state index contributed by atoms with van der Waals surface area (Å²) in [5, 5.41) is 0. The van der Waals surface area contributed by atoms with Crippen LogP contribution in [0.3, 0.4) is 0 Å². The molecule has 47 heavy (non-hydrogen) atoms. The highest BCUT2D eigenvalue weighted by Crippen LogP contribution is 2.34. The topological polar surface area (TPSA) is 126 Å². The van der Waals surface area contributed by atoms with Gasteiger partial charge in [0.15, 0.2) is 0 Å². The molecule has 0 bridgehead atoms. The maximum absolute atomic E-state index is 13.7. The van der Waals surface area contributed by atoms with Crippen LogP contribution in [-0.2, 0) is 19.2 Å². The van der Waals surface area contributed by atoms with E-state index in [4.69, 9.17) is 15.0 Å². The van der Waals surface area contributed by atoms with E-state index in [-0.39, 0.29) is 49.8 Å². The summed E-state index contributed by atoms with van der Waals surface area (Å²) in [6, 6.07) is 0. The molecular formula is C34H59N9O4. The van der Waals surface area contributed by atoms with Gasteiger partial charge >= 0.3 is 0 Å². The van der Waals surface area contributed by atoms with Crippen LogP contribution >= 0.6 is 0 Å². The first kappa shape index (κ1) is 38.3. The molecule has 2 fully saturated rings. The standard InChI is InChI=1S/C34H59N9O4/c1-14-16-18-40(19-17-15-2)29-35-24(3)36-30(37-29)41(20-22-42-25(44)31(4,5)38(12)32(6,7)26(42)45)21-23-43-27(46)33(8,9)39(13)34(10,11)28(43)47/h14-23H2,1-13H3. The Hall–Kier alpha value is -3.19. The molecule has 0 unspecified atom stereocenters. The van der Waals surface area contributed by atoms with E-state index >= 15 is 0 Å². The molecule has 1 aromatic heterocycles. The van der Waals surface area contributed by atoms with Crippen LogP contribution in [0, 0.1) is 6.92 Å². The molecule has 4 amide bonds. The molecule has 0 radical (unpaired) electrons. The molecule has 2 saturated heterocycles. The van der Waals surface area contributed by atoms with E-state index in [0.29, 0.717) is 17.7 Å². The number of carbonyl (C=O) groups excluding carboxylic acids is 4. The second-order valence-corrected chi connectivity index (χ2v) is 15.0. The minimum absolute atomic E-state index is 0.0927. The molecule has 0 saturated carbocycles. The molecule has 2 aliphatic rings. The van der Waals surface area contributed by atoms with Gasteiger partial charge in [-0.3, -0.25) is 38.8 Å². The van der Waals surface area contributed by atoms with Gasteiger partial charge in [0.25, 0.3) is 0 Å². The van der Waals surface area contributed by atoms with Gasteiger partial charge < -0.3 is 9.80 Å². The molecule has 3 heterocycles. The number of aromatic nitrogens is 3. The molecular weight excluding hydrogens is 598 g/mol. The minimum Gasteiger partial charge on any atom is -0.341 e. The normalized spacial score (nSPS) is 21.0. The summed E-state index contributed by atoms with van der Waals surface area (Å²) in [4.78, 5) is 79.3. The fourth-order valence-electron chi connectivity index (χ4n) is 6.38. The van der Waals surface area contributed by atoms with Crippen LogP contribution in [0.2, 0.25) is 0 Å². The Bertz CT molecular complexity index is 1210. The van der Waals surface area contributed by atoms with Crippen molar-refractivity contribution >= 4 is 35.5 Å². The Labute approximate surface area is 282 Å². The molecule has 3 rings (SSSR count). The maximum atomic E-state index is 13.7. The Morgan fingerprint density at radius 1 is 0.532 bits per heavy atom. The highest BCUT2D eigenvalue weighted by molar-refractivity contribution is 6.07. The van der Waals surface area contributed by atoms with Gasteiger partial charge in [-0.25, -0.2) is 0 Å². The molecule has 1 aromatic rings. The number of piperazine rings is 2. The van der Waals surface area contributed by atoms with E-state index in [1.54, 1.807) is 14.1 Å². The first-order chi connectivity index (χ1) is 21.7. The summed E-state index contributed by atoms with van der Waals surface area (Å²) >= 11 is 0. The first-order valence-electron chi connectivity index (χ1n) is 17.1. The van der Waals surface area contributed by atoms with Gasteiger partial charge in [0.1, 0.15) is 5.82 Å².